The number of aliphatic hydroxyl groups excluding tert-OH is 1. The Kier molecular flexibility index (Phi) is 13.5. The van der Waals surface area contributed by atoms with Gasteiger partial charge in [0.15, 0.2) is 0 Å². The van der Waals surface area contributed by atoms with Crippen molar-refractivity contribution < 1.29 is 43.4 Å². The molecule has 0 unspecified atom stereocenters. The van der Waals surface area contributed by atoms with Gasteiger partial charge in [-0.25, -0.2) is 4.79 Å². The zero-order valence-corrected chi connectivity index (χ0v) is 26.2. The van der Waals surface area contributed by atoms with Gasteiger partial charge in [-0.05, 0) is 48.6 Å². The molecule has 1 saturated heterocycles. The van der Waals surface area contributed by atoms with Gasteiger partial charge in [0.25, 0.3) is 0 Å². The zero-order chi connectivity index (χ0) is 31.3. The number of piperidine rings is 1. The predicted molar refractivity (Wildman–Crippen MR) is 166 cm³/mol. The monoisotopic (exact) mass is 616 g/mol. The lowest BCUT2D eigenvalue weighted by atomic mass is 9.84. The SMILES string of the molecule is COCCCN1CCOc2ccc(CO[C@H]3CN(C(=O)O)C[C@@H](OCC[C@@H](C)O)[C@@H]3c3ccc(COCCOC)cc3)cc21. The maximum Gasteiger partial charge on any atom is 0.407 e. The lowest BCUT2D eigenvalue weighted by molar-refractivity contribution is -0.0921. The first kappa shape index (κ1) is 34.0. The molecule has 244 valence electrons. The molecule has 4 rings (SSSR count). The lowest BCUT2D eigenvalue weighted by Gasteiger charge is -2.42. The van der Waals surface area contributed by atoms with Gasteiger partial charge in [-0.15, -0.1) is 0 Å². The number of likely N-dealkylation sites (tertiary alicyclic amines) is 1. The molecule has 1 fully saturated rings. The van der Waals surface area contributed by atoms with E-state index in [1.807, 2.05) is 36.4 Å². The number of fused-ring (bicyclic) bond motifs is 1. The van der Waals surface area contributed by atoms with E-state index >= 15 is 0 Å². The van der Waals surface area contributed by atoms with E-state index in [0.29, 0.717) is 52.7 Å². The zero-order valence-electron chi connectivity index (χ0n) is 26.2. The van der Waals surface area contributed by atoms with Gasteiger partial charge < -0.3 is 48.4 Å². The van der Waals surface area contributed by atoms with E-state index in [1.54, 1.807) is 21.1 Å². The Morgan fingerprint density at radius 1 is 0.955 bits per heavy atom. The molecule has 0 aromatic heterocycles. The maximum atomic E-state index is 12.2. The Bertz CT molecular complexity index is 1150. The van der Waals surface area contributed by atoms with Crippen LogP contribution in [0, 0.1) is 0 Å². The summed E-state index contributed by atoms with van der Waals surface area (Å²) in [5.41, 5.74) is 4.05. The molecule has 0 aliphatic carbocycles. The number of anilines is 1. The summed E-state index contributed by atoms with van der Waals surface area (Å²) in [6.45, 7) is 7.29. The summed E-state index contributed by atoms with van der Waals surface area (Å²) in [4.78, 5) is 15.8. The highest BCUT2D eigenvalue weighted by Gasteiger charge is 2.41. The molecular formula is C33H48N2O9. The topological polar surface area (TPSA) is 119 Å². The van der Waals surface area contributed by atoms with E-state index in [9.17, 15) is 15.0 Å². The average molecular weight is 617 g/mol. The van der Waals surface area contributed by atoms with Crippen LogP contribution in [0.2, 0.25) is 0 Å². The Balaban J connectivity index is 1.53. The Morgan fingerprint density at radius 3 is 2.39 bits per heavy atom. The van der Waals surface area contributed by atoms with Gasteiger partial charge in [0.1, 0.15) is 12.4 Å². The molecule has 2 aliphatic heterocycles. The van der Waals surface area contributed by atoms with Gasteiger partial charge in [0, 0.05) is 39.9 Å². The fourth-order valence-corrected chi connectivity index (χ4v) is 5.68. The lowest BCUT2D eigenvalue weighted by Crippen LogP contribution is -2.54. The van der Waals surface area contributed by atoms with Gasteiger partial charge in [0.05, 0.1) is 70.1 Å². The fourth-order valence-electron chi connectivity index (χ4n) is 5.68. The third kappa shape index (κ3) is 9.79. The standard InChI is InChI=1S/C33H48N2O9/c1-24(36)11-15-42-30-20-35(33(37)38)21-31(32(30)27-8-5-25(6-9-27)22-41-18-17-40-3)44-23-26-7-10-29-28(19-26)34(13-16-43-29)12-4-14-39-2/h5-10,19,24,30-32,36H,4,11-18,20-23H2,1-3H3,(H,37,38)/t24-,30-,31+,32+/m1/s1. The number of aliphatic hydroxyl groups is 1. The van der Waals surface area contributed by atoms with E-state index in [1.165, 1.54) is 4.90 Å². The molecule has 4 atom stereocenters. The molecule has 2 aromatic rings. The van der Waals surface area contributed by atoms with Crippen LogP contribution < -0.4 is 9.64 Å². The number of amides is 1. The van der Waals surface area contributed by atoms with Crippen molar-refractivity contribution in [2.45, 2.75) is 57.2 Å². The van der Waals surface area contributed by atoms with Crippen molar-refractivity contribution in [3.05, 3.63) is 59.2 Å². The van der Waals surface area contributed by atoms with Crippen molar-refractivity contribution in [2.75, 3.05) is 78.3 Å². The van der Waals surface area contributed by atoms with Crippen LogP contribution in [0.1, 0.15) is 42.4 Å². The molecule has 2 heterocycles. The molecule has 0 spiro atoms. The summed E-state index contributed by atoms with van der Waals surface area (Å²) >= 11 is 0. The highest BCUT2D eigenvalue weighted by molar-refractivity contribution is 5.65. The van der Waals surface area contributed by atoms with E-state index in [-0.39, 0.29) is 19.0 Å². The van der Waals surface area contributed by atoms with Crippen LogP contribution in [0.3, 0.4) is 0 Å². The second kappa shape index (κ2) is 17.5. The molecule has 2 aliphatic rings. The number of methoxy groups -OCH3 is 2. The number of hydrogen-bond acceptors (Lipinski definition) is 9. The first-order chi connectivity index (χ1) is 21.4. The molecule has 0 saturated carbocycles. The van der Waals surface area contributed by atoms with Crippen LogP contribution in [-0.2, 0) is 36.9 Å². The second-order valence-electron chi connectivity index (χ2n) is 11.4. The predicted octanol–water partition coefficient (Wildman–Crippen LogP) is 3.90. The van der Waals surface area contributed by atoms with E-state index in [2.05, 4.69) is 11.0 Å². The molecule has 2 aromatic carbocycles. The first-order valence-corrected chi connectivity index (χ1v) is 15.4. The van der Waals surface area contributed by atoms with Crippen LogP contribution in [0.4, 0.5) is 10.5 Å². The van der Waals surface area contributed by atoms with Crippen LogP contribution in [0.5, 0.6) is 5.75 Å². The molecule has 0 bridgehead atoms. The summed E-state index contributed by atoms with van der Waals surface area (Å²) < 4.78 is 34.7. The summed E-state index contributed by atoms with van der Waals surface area (Å²) in [6, 6.07) is 14.2. The summed E-state index contributed by atoms with van der Waals surface area (Å²) in [6.07, 6.45) is -1.05. The molecule has 0 radical (unpaired) electrons. The summed E-state index contributed by atoms with van der Waals surface area (Å²) in [5.74, 6) is 0.637. The number of carboxylic acid groups (broad SMARTS) is 1. The van der Waals surface area contributed by atoms with Gasteiger partial charge >= 0.3 is 6.09 Å². The molecule has 1 amide bonds. The third-order valence-corrected chi connectivity index (χ3v) is 8.03. The van der Waals surface area contributed by atoms with Crippen LogP contribution in [-0.4, -0.2) is 113 Å². The minimum absolute atomic E-state index is 0.213. The van der Waals surface area contributed by atoms with Gasteiger partial charge in [-0.3, -0.25) is 0 Å². The Morgan fingerprint density at radius 2 is 1.68 bits per heavy atom. The largest absolute Gasteiger partial charge is 0.490 e. The smallest absolute Gasteiger partial charge is 0.407 e. The average Bonchev–Trinajstić information content (AvgIpc) is 3.02. The molecule has 2 N–H and O–H groups in total. The highest BCUT2D eigenvalue weighted by atomic mass is 16.5. The number of ether oxygens (including phenoxy) is 6. The van der Waals surface area contributed by atoms with Crippen molar-refractivity contribution in [3.63, 3.8) is 0 Å². The van der Waals surface area contributed by atoms with Crippen LogP contribution in [0.15, 0.2) is 42.5 Å². The van der Waals surface area contributed by atoms with Gasteiger partial charge in [0.2, 0.25) is 0 Å². The third-order valence-electron chi connectivity index (χ3n) is 8.03. The van der Waals surface area contributed by atoms with Crippen LogP contribution in [0.25, 0.3) is 0 Å². The van der Waals surface area contributed by atoms with Crippen molar-refractivity contribution >= 4 is 11.8 Å². The van der Waals surface area contributed by atoms with E-state index in [4.69, 9.17) is 28.4 Å². The van der Waals surface area contributed by atoms with Crippen molar-refractivity contribution in [3.8, 4) is 5.75 Å². The molecule has 11 nitrogen and oxygen atoms in total. The normalized spacial score (nSPS) is 20.7. The maximum absolute atomic E-state index is 12.2. The molecular weight excluding hydrogens is 568 g/mol. The molecule has 44 heavy (non-hydrogen) atoms. The minimum atomic E-state index is -1.01. The fraction of sp³-hybridized carbons (Fsp3) is 0.606. The van der Waals surface area contributed by atoms with E-state index < -0.39 is 24.4 Å². The van der Waals surface area contributed by atoms with E-state index in [0.717, 1.165) is 47.6 Å². The summed E-state index contributed by atoms with van der Waals surface area (Å²) in [7, 11) is 3.36. The number of rotatable bonds is 17. The Labute approximate surface area is 260 Å². The molecule has 11 heteroatoms. The number of hydrogen-bond donors (Lipinski definition) is 2. The van der Waals surface area contributed by atoms with Crippen molar-refractivity contribution in [1.82, 2.24) is 4.90 Å². The summed E-state index contributed by atoms with van der Waals surface area (Å²) in [5, 5.41) is 19.8. The quantitative estimate of drug-likeness (QED) is 0.253. The van der Waals surface area contributed by atoms with Gasteiger partial charge in [-0.1, -0.05) is 30.3 Å². The van der Waals surface area contributed by atoms with Crippen molar-refractivity contribution in [2.24, 2.45) is 0 Å². The minimum Gasteiger partial charge on any atom is -0.490 e. The number of benzene rings is 2. The van der Waals surface area contributed by atoms with Gasteiger partial charge in [-0.2, -0.15) is 0 Å². The highest BCUT2D eigenvalue weighted by Crippen LogP contribution is 2.36. The van der Waals surface area contributed by atoms with Crippen LogP contribution >= 0.6 is 0 Å². The first-order valence-electron chi connectivity index (χ1n) is 15.4. The number of carbonyl (C=O) groups is 1. The van der Waals surface area contributed by atoms with Crippen molar-refractivity contribution in [1.29, 1.82) is 0 Å². The number of nitrogens with zero attached hydrogens (tertiary/aromatic N) is 2. The Hall–Kier alpha value is -2.93. The second-order valence-corrected chi connectivity index (χ2v) is 11.4.